The van der Waals surface area contributed by atoms with E-state index in [1.54, 1.807) is 12.1 Å². The first-order valence-electron chi connectivity index (χ1n) is 9.71. The van der Waals surface area contributed by atoms with Gasteiger partial charge in [0.2, 0.25) is 10.0 Å². The maximum Gasteiger partial charge on any atom is 0.316 e. The molecule has 1 heterocycles. The van der Waals surface area contributed by atoms with Crippen LogP contribution >= 0.6 is 0 Å². The normalized spacial score (nSPS) is 14.5. The lowest BCUT2D eigenvalue weighted by Gasteiger charge is -2.28. The molecule has 0 unspecified atom stereocenters. The highest BCUT2D eigenvalue weighted by Crippen LogP contribution is 2.24. The fourth-order valence-corrected chi connectivity index (χ4v) is 4.66. The van der Waals surface area contributed by atoms with Gasteiger partial charge in [-0.15, -0.1) is 0 Å². The van der Waals surface area contributed by atoms with Gasteiger partial charge in [-0.1, -0.05) is 12.5 Å². The maximum absolute atomic E-state index is 13.7. The summed E-state index contributed by atoms with van der Waals surface area (Å²) in [5, 5.41) is 9.05. The van der Waals surface area contributed by atoms with Crippen molar-refractivity contribution in [2.75, 3.05) is 19.6 Å². The Kier molecular flexibility index (Phi) is 7.11. The number of benzene rings is 2. The molecule has 30 heavy (non-hydrogen) atoms. The largest absolute Gasteiger partial charge is 0.316 e. The minimum atomic E-state index is -4.01. The van der Waals surface area contributed by atoms with E-state index in [2.05, 4.69) is 9.62 Å². The van der Waals surface area contributed by atoms with Crippen molar-refractivity contribution in [2.45, 2.75) is 37.1 Å². The lowest BCUT2D eigenvalue weighted by molar-refractivity contribution is -0.729. The molecule has 0 fully saturated rings. The summed E-state index contributed by atoms with van der Waals surface area (Å²) in [5.74, 6) is -1.94. The zero-order valence-electron chi connectivity index (χ0n) is 16.4. The van der Waals surface area contributed by atoms with Crippen LogP contribution < -0.4 is 4.72 Å². The van der Waals surface area contributed by atoms with Crippen molar-refractivity contribution in [1.29, 1.82) is 0 Å². The van der Waals surface area contributed by atoms with Gasteiger partial charge in [-0.2, -0.15) is 0 Å². The number of halogens is 2. The first-order valence-corrected chi connectivity index (χ1v) is 11.2. The number of hydrogen-bond acceptors (Lipinski definition) is 4. The Balaban J connectivity index is 1.40. The number of hydrogen-bond donors (Lipinski definition) is 2. The molecule has 7 nitrogen and oxygen atoms in total. The quantitative estimate of drug-likeness (QED) is 0.461. The smallest absolute Gasteiger partial charge is 0.299 e. The summed E-state index contributed by atoms with van der Waals surface area (Å²) in [6.07, 6.45) is 3.09. The van der Waals surface area contributed by atoms with Crippen LogP contribution in [0.1, 0.15) is 30.4 Å². The summed E-state index contributed by atoms with van der Waals surface area (Å²) in [6.45, 7) is 2.57. The van der Waals surface area contributed by atoms with Gasteiger partial charge in [0.25, 0.3) is 4.92 Å². The van der Waals surface area contributed by atoms with Crippen LogP contribution in [0.2, 0.25) is 0 Å². The average molecular weight is 440 g/mol. The van der Waals surface area contributed by atoms with Gasteiger partial charge in [-0.3, -0.25) is 4.90 Å². The Morgan fingerprint density at radius 3 is 2.60 bits per heavy atom. The minimum absolute atomic E-state index is 0.141. The molecule has 1 aliphatic heterocycles. The third-order valence-corrected chi connectivity index (χ3v) is 6.62. The predicted molar refractivity (Wildman–Crippen MR) is 106 cm³/mol. The van der Waals surface area contributed by atoms with E-state index in [1.165, 1.54) is 5.56 Å². The highest BCUT2D eigenvalue weighted by Gasteiger charge is 2.21. The van der Waals surface area contributed by atoms with Gasteiger partial charge >= 0.3 is 5.69 Å². The zero-order valence-corrected chi connectivity index (χ0v) is 17.2. The van der Waals surface area contributed by atoms with Gasteiger partial charge in [0, 0.05) is 37.8 Å². The molecule has 0 amide bonds. The number of nitrogens with one attached hydrogen (secondary N) is 1. The third kappa shape index (κ3) is 5.59. The molecule has 10 heteroatoms. The van der Waals surface area contributed by atoms with Crippen LogP contribution in [0.3, 0.4) is 0 Å². The molecule has 1 aliphatic rings. The van der Waals surface area contributed by atoms with E-state index in [1.807, 2.05) is 6.07 Å². The van der Waals surface area contributed by atoms with Crippen molar-refractivity contribution in [3.05, 3.63) is 64.1 Å². The highest BCUT2D eigenvalue weighted by atomic mass is 32.2. The Bertz CT molecular complexity index is 1030. The maximum atomic E-state index is 13.7. The van der Waals surface area contributed by atoms with Crippen molar-refractivity contribution in [2.24, 2.45) is 0 Å². The number of fused-ring (bicyclic) bond motifs is 1. The van der Waals surface area contributed by atoms with E-state index in [-0.39, 0.29) is 17.2 Å². The lowest BCUT2D eigenvalue weighted by Crippen LogP contribution is -2.31. The van der Waals surface area contributed by atoms with Crippen LogP contribution in [0, 0.1) is 16.5 Å². The zero-order chi connectivity index (χ0) is 21.7. The van der Waals surface area contributed by atoms with Crippen molar-refractivity contribution in [1.82, 2.24) is 9.62 Å². The van der Waals surface area contributed by atoms with E-state index < -0.39 is 26.6 Å². The van der Waals surface area contributed by atoms with Gasteiger partial charge in [0.05, 0.1) is 4.91 Å². The van der Waals surface area contributed by atoms with Crippen LogP contribution in [-0.2, 0) is 23.0 Å². The standard InChI is InChI=1S/C20H24F2N3O4S/c21-17-5-7-20(19(22)13-17)30(28,29)23-9-2-1-3-10-24-11-8-15-4-6-18(25(26)27)12-16(15)14-24/h4-7,12-13,23H,1-3,8-11,14H2,(H,26,27)/q+1. The lowest BCUT2D eigenvalue weighted by atomic mass is 9.99. The molecule has 2 aromatic carbocycles. The van der Waals surface area contributed by atoms with Crippen molar-refractivity contribution >= 4 is 15.7 Å². The number of sulfonamides is 1. The summed E-state index contributed by atoms with van der Waals surface area (Å²) in [4.78, 5) is 12.6. The number of rotatable bonds is 9. The van der Waals surface area contributed by atoms with Crippen molar-refractivity contribution < 1.29 is 27.3 Å². The molecule has 0 aromatic heterocycles. The average Bonchev–Trinajstić information content (AvgIpc) is 2.69. The van der Waals surface area contributed by atoms with E-state index >= 15 is 0 Å². The highest BCUT2D eigenvalue weighted by molar-refractivity contribution is 7.89. The number of unbranched alkanes of at least 4 members (excludes halogenated alkanes) is 2. The molecule has 0 aliphatic carbocycles. The summed E-state index contributed by atoms with van der Waals surface area (Å²) >= 11 is 0. The first kappa shape index (κ1) is 22.3. The summed E-state index contributed by atoms with van der Waals surface area (Å²) in [6, 6.07) is 7.52. The Morgan fingerprint density at radius 1 is 1.07 bits per heavy atom. The molecule has 2 N–H and O–H groups in total. The summed E-state index contributed by atoms with van der Waals surface area (Å²) in [7, 11) is -4.01. The Hall–Kier alpha value is -2.43. The molecule has 2 aromatic rings. The summed E-state index contributed by atoms with van der Waals surface area (Å²) in [5.41, 5.74) is 2.39. The Labute approximate surface area is 173 Å². The molecule has 0 spiro atoms. The van der Waals surface area contributed by atoms with Crippen LogP contribution in [0.15, 0.2) is 41.3 Å². The van der Waals surface area contributed by atoms with Crippen LogP contribution in [0.25, 0.3) is 0 Å². The monoisotopic (exact) mass is 440 g/mol. The number of nitrogens with zero attached hydrogens (tertiary/aromatic N) is 2. The van der Waals surface area contributed by atoms with Crippen LogP contribution in [-0.4, -0.2) is 43.1 Å². The molecule has 0 saturated carbocycles. The van der Waals surface area contributed by atoms with E-state index in [4.69, 9.17) is 5.21 Å². The van der Waals surface area contributed by atoms with Gasteiger partial charge in [-0.05, 0) is 49.1 Å². The molecule has 0 radical (unpaired) electrons. The fourth-order valence-electron chi connectivity index (χ4n) is 3.53. The molecule has 162 valence electrons. The SMILES string of the molecule is O=[N+](O)c1ccc2c(c1)CN(CCCCCNS(=O)(=O)c1ccc(F)cc1F)CC2. The van der Waals surface area contributed by atoms with E-state index in [0.29, 0.717) is 19.0 Å². The summed E-state index contributed by atoms with van der Waals surface area (Å²) < 4.78 is 53.2. The molecular weight excluding hydrogens is 416 g/mol. The topological polar surface area (TPSA) is 89.7 Å². The second-order valence-corrected chi connectivity index (χ2v) is 9.02. The second-order valence-electron chi connectivity index (χ2n) is 7.29. The van der Waals surface area contributed by atoms with Crippen molar-refractivity contribution in [3.8, 4) is 0 Å². The molecule has 0 saturated heterocycles. The predicted octanol–water partition coefficient (Wildman–Crippen LogP) is 3.27. The van der Waals surface area contributed by atoms with E-state index in [9.17, 15) is 22.1 Å². The van der Waals surface area contributed by atoms with Crippen LogP contribution in [0.5, 0.6) is 0 Å². The van der Waals surface area contributed by atoms with Crippen LogP contribution in [0.4, 0.5) is 14.5 Å². The van der Waals surface area contributed by atoms with Gasteiger partial charge < -0.3 is 0 Å². The van der Waals surface area contributed by atoms with Crippen molar-refractivity contribution in [3.63, 3.8) is 0 Å². The van der Waals surface area contributed by atoms with Gasteiger partial charge in [0.1, 0.15) is 16.5 Å². The molecule has 0 atom stereocenters. The van der Waals surface area contributed by atoms with Gasteiger partial charge in [-0.25, -0.2) is 27.1 Å². The molecule has 3 rings (SSSR count). The molecular formula is C20H24F2N3O4S+. The second kappa shape index (κ2) is 9.59. The fraction of sp³-hybridized carbons (Fsp3) is 0.400. The Morgan fingerprint density at radius 2 is 1.87 bits per heavy atom. The third-order valence-electron chi connectivity index (χ3n) is 5.13. The molecule has 0 bridgehead atoms. The van der Waals surface area contributed by atoms with Gasteiger partial charge in [0.15, 0.2) is 0 Å². The van der Waals surface area contributed by atoms with E-state index in [0.717, 1.165) is 50.0 Å². The first-order chi connectivity index (χ1) is 14.3. The minimum Gasteiger partial charge on any atom is -0.299 e.